The van der Waals surface area contributed by atoms with Crippen molar-refractivity contribution in [1.82, 2.24) is 20.2 Å². The molecule has 0 saturated carbocycles. The standard InChI is InChI=1S/C28H28Cl2FN5O4/c1-4-28(3,38)13-16-5-7-36(8-6-16)26-17-11-19(29)15(2)24(23(17)33-27(34-26)39-10-9-37)40-25-18-14-32-35-21(18)12-20(31)22(25)30/h4,11-14,37-38H,1,5-10H2,2-3H3,(H,32,35). The van der Waals surface area contributed by atoms with E-state index in [1.807, 2.05) is 6.08 Å². The molecular weight excluding hydrogens is 560 g/mol. The smallest absolute Gasteiger partial charge is 0.319 e. The van der Waals surface area contributed by atoms with Crippen molar-refractivity contribution < 1.29 is 24.1 Å². The molecule has 0 aliphatic carbocycles. The van der Waals surface area contributed by atoms with Crippen molar-refractivity contribution in [1.29, 1.82) is 0 Å². The van der Waals surface area contributed by atoms with Gasteiger partial charge in [-0.1, -0.05) is 47.5 Å². The predicted octanol–water partition coefficient (Wildman–Crippen LogP) is 5.89. The van der Waals surface area contributed by atoms with E-state index < -0.39 is 11.4 Å². The van der Waals surface area contributed by atoms with Crippen LogP contribution in [0.2, 0.25) is 10.0 Å². The van der Waals surface area contributed by atoms with E-state index in [9.17, 15) is 14.6 Å². The largest absolute Gasteiger partial charge is 0.461 e. The fourth-order valence-corrected chi connectivity index (χ4v) is 5.05. The maximum atomic E-state index is 14.7. The molecule has 1 aliphatic rings. The highest BCUT2D eigenvalue weighted by atomic mass is 35.5. The summed E-state index contributed by atoms with van der Waals surface area (Å²) in [4.78, 5) is 11.3. The highest BCUT2D eigenvalue weighted by Gasteiger charge is 2.26. The third-order valence-corrected chi connectivity index (χ3v) is 7.57. The van der Waals surface area contributed by atoms with Crippen molar-refractivity contribution in [3.63, 3.8) is 0 Å². The molecule has 1 atom stereocenters. The summed E-state index contributed by atoms with van der Waals surface area (Å²) in [6, 6.07) is 3.05. The zero-order valence-electron chi connectivity index (χ0n) is 22.0. The fraction of sp³-hybridized carbons (Fsp3) is 0.321. The van der Waals surface area contributed by atoms with Crippen molar-refractivity contribution in [3.8, 4) is 17.5 Å². The van der Waals surface area contributed by atoms with Crippen molar-refractivity contribution in [2.45, 2.75) is 32.3 Å². The van der Waals surface area contributed by atoms with Gasteiger partial charge in [0.1, 0.15) is 28.8 Å². The van der Waals surface area contributed by atoms with Gasteiger partial charge in [-0.3, -0.25) is 5.10 Å². The molecule has 2 aromatic heterocycles. The van der Waals surface area contributed by atoms with Gasteiger partial charge in [-0.05, 0) is 32.8 Å². The summed E-state index contributed by atoms with van der Waals surface area (Å²) in [6.07, 6.45) is 6.22. The lowest BCUT2D eigenvalue weighted by atomic mass is 9.96. The van der Waals surface area contributed by atoms with Crippen LogP contribution < -0.4 is 14.4 Å². The van der Waals surface area contributed by atoms with E-state index in [1.165, 1.54) is 18.3 Å². The maximum Gasteiger partial charge on any atom is 0.319 e. The van der Waals surface area contributed by atoms with Gasteiger partial charge >= 0.3 is 6.01 Å². The number of H-pyrrole nitrogens is 1. The minimum absolute atomic E-state index is 0.0113. The first kappa shape index (κ1) is 28.1. The third kappa shape index (κ3) is 5.44. The first-order valence-corrected chi connectivity index (χ1v) is 13.4. The van der Waals surface area contributed by atoms with Crippen LogP contribution in [0.3, 0.4) is 0 Å². The van der Waals surface area contributed by atoms with Crippen LogP contribution in [0.25, 0.3) is 21.8 Å². The maximum absolute atomic E-state index is 14.7. The van der Waals surface area contributed by atoms with Crippen LogP contribution in [0.1, 0.15) is 25.3 Å². The average Bonchev–Trinajstić information content (AvgIpc) is 3.40. The summed E-state index contributed by atoms with van der Waals surface area (Å²) >= 11 is 13.0. The molecule has 0 amide bonds. The summed E-state index contributed by atoms with van der Waals surface area (Å²) in [5, 5.41) is 27.7. The third-order valence-electron chi connectivity index (χ3n) is 6.82. The molecule has 3 N–H and O–H groups in total. The van der Waals surface area contributed by atoms with Crippen LogP contribution in [0.5, 0.6) is 17.5 Å². The minimum Gasteiger partial charge on any atom is -0.461 e. The molecule has 12 heteroatoms. The van der Waals surface area contributed by atoms with E-state index >= 15 is 0 Å². The zero-order valence-corrected chi connectivity index (χ0v) is 23.5. The summed E-state index contributed by atoms with van der Waals surface area (Å²) in [6.45, 7) is 8.13. The van der Waals surface area contributed by atoms with E-state index in [2.05, 4.69) is 31.6 Å². The number of hydrogen-bond acceptors (Lipinski definition) is 8. The molecule has 9 nitrogen and oxygen atoms in total. The Bertz CT molecular complexity index is 1630. The number of anilines is 1. The Hall–Kier alpha value is -3.44. The first-order valence-electron chi connectivity index (χ1n) is 12.7. The van der Waals surface area contributed by atoms with Gasteiger partial charge in [0.15, 0.2) is 11.5 Å². The summed E-state index contributed by atoms with van der Waals surface area (Å²) < 4.78 is 26.6. The monoisotopic (exact) mass is 587 g/mol. The fourth-order valence-electron chi connectivity index (χ4n) is 4.66. The molecule has 1 aliphatic heterocycles. The number of aliphatic hydroxyl groups excluding tert-OH is 1. The lowest BCUT2D eigenvalue weighted by Gasteiger charge is -2.31. The van der Waals surface area contributed by atoms with Crippen molar-refractivity contribution in [2.75, 3.05) is 31.2 Å². The molecule has 0 radical (unpaired) electrons. The highest BCUT2D eigenvalue weighted by molar-refractivity contribution is 6.34. The van der Waals surface area contributed by atoms with Crippen LogP contribution in [-0.4, -0.2) is 62.3 Å². The average molecular weight is 588 g/mol. The predicted molar refractivity (Wildman–Crippen MR) is 153 cm³/mol. The summed E-state index contributed by atoms with van der Waals surface area (Å²) in [7, 11) is 0. The number of aromatic nitrogens is 4. The van der Waals surface area contributed by atoms with Gasteiger partial charge in [0.05, 0.1) is 29.3 Å². The molecule has 2 aromatic carbocycles. The van der Waals surface area contributed by atoms with Crippen molar-refractivity contribution in [3.05, 3.63) is 64.1 Å². The van der Waals surface area contributed by atoms with Gasteiger partial charge < -0.3 is 24.6 Å². The van der Waals surface area contributed by atoms with Crippen molar-refractivity contribution in [2.24, 2.45) is 0 Å². The second-order valence-electron chi connectivity index (χ2n) is 9.76. The number of aromatic amines is 1. The van der Waals surface area contributed by atoms with E-state index in [-0.39, 0.29) is 35.7 Å². The lowest BCUT2D eigenvalue weighted by molar-refractivity contribution is 0.163. The van der Waals surface area contributed by atoms with Gasteiger partial charge in [0, 0.05) is 35.1 Å². The molecule has 1 saturated heterocycles. The number of fused-ring (bicyclic) bond motifs is 2. The Morgan fingerprint density at radius 1 is 1.20 bits per heavy atom. The molecule has 1 fully saturated rings. The Morgan fingerprint density at radius 2 is 1.95 bits per heavy atom. The number of nitrogens with zero attached hydrogens (tertiary/aromatic N) is 4. The second-order valence-corrected chi connectivity index (χ2v) is 10.6. The zero-order chi connectivity index (χ0) is 28.6. The van der Waals surface area contributed by atoms with E-state index in [0.29, 0.717) is 64.1 Å². The number of benzene rings is 2. The first-order chi connectivity index (χ1) is 19.1. The number of aliphatic hydroxyl groups is 2. The molecule has 3 heterocycles. The summed E-state index contributed by atoms with van der Waals surface area (Å²) in [5.41, 5.74) is 1.38. The Kier molecular flexibility index (Phi) is 7.87. The van der Waals surface area contributed by atoms with E-state index in [1.54, 1.807) is 19.9 Å². The van der Waals surface area contributed by atoms with Gasteiger partial charge in [-0.15, -0.1) is 0 Å². The number of rotatable bonds is 8. The van der Waals surface area contributed by atoms with Crippen LogP contribution in [0.15, 0.2) is 42.6 Å². The SMILES string of the molecule is C=CC(C)(O)C=C1CCN(c2nc(OCCO)nc3c(Oc4c(Cl)c(F)cc5[nH]ncc45)c(C)c(Cl)cc23)CC1. The second kappa shape index (κ2) is 11.2. The quantitative estimate of drug-likeness (QED) is 0.218. The number of ether oxygens (including phenoxy) is 2. The lowest BCUT2D eigenvalue weighted by Crippen LogP contribution is -2.32. The Labute approximate surface area is 239 Å². The number of piperidine rings is 1. The molecule has 0 spiro atoms. The molecule has 40 heavy (non-hydrogen) atoms. The topological polar surface area (TPSA) is 117 Å². The van der Waals surface area contributed by atoms with Gasteiger partial charge in [-0.25, -0.2) is 4.39 Å². The van der Waals surface area contributed by atoms with Gasteiger partial charge in [-0.2, -0.15) is 15.1 Å². The van der Waals surface area contributed by atoms with Crippen LogP contribution >= 0.6 is 23.2 Å². The molecule has 4 aromatic rings. The Balaban J connectivity index is 1.63. The van der Waals surface area contributed by atoms with Crippen LogP contribution in [-0.2, 0) is 0 Å². The number of nitrogens with one attached hydrogen (secondary N) is 1. The van der Waals surface area contributed by atoms with Gasteiger partial charge in [0.25, 0.3) is 0 Å². The van der Waals surface area contributed by atoms with Crippen LogP contribution in [0, 0.1) is 12.7 Å². The normalized spacial score (nSPS) is 15.4. The van der Waals surface area contributed by atoms with E-state index in [4.69, 9.17) is 32.7 Å². The summed E-state index contributed by atoms with van der Waals surface area (Å²) in [5.74, 6) is 0.219. The van der Waals surface area contributed by atoms with E-state index in [0.717, 1.165) is 5.57 Å². The Morgan fingerprint density at radius 3 is 2.65 bits per heavy atom. The highest BCUT2D eigenvalue weighted by Crippen LogP contribution is 2.44. The number of halogens is 3. The minimum atomic E-state index is -1.08. The molecule has 1 unspecified atom stereocenters. The van der Waals surface area contributed by atoms with Gasteiger partial charge in [0.2, 0.25) is 0 Å². The van der Waals surface area contributed by atoms with Crippen molar-refractivity contribution >= 4 is 50.8 Å². The number of hydrogen-bond donors (Lipinski definition) is 3. The molecule has 210 valence electrons. The molecule has 5 rings (SSSR count). The van der Waals surface area contributed by atoms with Crippen LogP contribution in [0.4, 0.5) is 10.2 Å². The molecular formula is C28H28Cl2FN5O4. The molecule has 0 bridgehead atoms.